The molecule has 0 fully saturated rings. The lowest BCUT2D eigenvalue weighted by Crippen LogP contribution is -2.39. The van der Waals surface area contributed by atoms with Gasteiger partial charge in [-0.3, -0.25) is 4.21 Å². The van der Waals surface area contributed by atoms with Crippen molar-refractivity contribution in [2.24, 2.45) is 5.73 Å². The molecular weight excluding hydrogens is 234 g/mol. The number of nitrogens with two attached hydrogens (primary N) is 1. The van der Waals surface area contributed by atoms with Crippen molar-refractivity contribution in [3.8, 4) is 0 Å². The Labute approximate surface area is 95.0 Å². The summed E-state index contributed by atoms with van der Waals surface area (Å²) in [6.45, 7) is 5.38. The van der Waals surface area contributed by atoms with Gasteiger partial charge in [-0.15, -0.1) is 0 Å². The highest BCUT2D eigenvalue weighted by molar-refractivity contribution is 7.93. The normalized spacial score (nSPS) is 15.2. The van der Waals surface area contributed by atoms with Gasteiger partial charge in [-0.1, -0.05) is 6.92 Å². The number of rotatable bonds is 7. The highest BCUT2D eigenvalue weighted by atomic mass is 32.2. The van der Waals surface area contributed by atoms with E-state index in [1.807, 2.05) is 6.92 Å². The molecule has 15 heavy (non-hydrogen) atoms. The van der Waals surface area contributed by atoms with Gasteiger partial charge in [-0.05, 0) is 20.3 Å². The standard InChI is InChI=1S/C9H21NO3S2/c1-4-6-15(12,13)7-5-14(11)8-9(2,3)10/h4-8,10H2,1-3H3. The molecule has 0 aromatic heterocycles. The Morgan fingerprint density at radius 1 is 1.27 bits per heavy atom. The molecule has 0 aromatic rings. The maximum atomic E-state index is 11.5. The highest BCUT2D eigenvalue weighted by Crippen LogP contribution is 2.02. The van der Waals surface area contributed by atoms with Crippen molar-refractivity contribution < 1.29 is 12.6 Å². The van der Waals surface area contributed by atoms with E-state index in [2.05, 4.69) is 0 Å². The van der Waals surface area contributed by atoms with E-state index in [9.17, 15) is 12.6 Å². The Morgan fingerprint density at radius 3 is 2.20 bits per heavy atom. The molecule has 0 heterocycles. The largest absolute Gasteiger partial charge is 0.325 e. The summed E-state index contributed by atoms with van der Waals surface area (Å²) in [6.07, 6.45) is 0.608. The van der Waals surface area contributed by atoms with E-state index < -0.39 is 26.2 Å². The molecule has 0 amide bonds. The minimum atomic E-state index is -3.02. The molecule has 0 saturated heterocycles. The molecule has 0 rings (SSSR count). The van der Waals surface area contributed by atoms with Crippen molar-refractivity contribution in [1.29, 1.82) is 0 Å². The van der Waals surface area contributed by atoms with E-state index in [0.717, 1.165) is 0 Å². The predicted octanol–water partition coefficient (Wildman–Crippen LogP) is 0.297. The molecule has 0 radical (unpaired) electrons. The third-order valence-electron chi connectivity index (χ3n) is 1.67. The average molecular weight is 255 g/mol. The van der Waals surface area contributed by atoms with Crippen LogP contribution in [0, 0.1) is 0 Å². The topological polar surface area (TPSA) is 77.2 Å². The monoisotopic (exact) mass is 255 g/mol. The van der Waals surface area contributed by atoms with E-state index in [0.29, 0.717) is 12.2 Å². The molecule has 1 unspecified atom stereocenters. The summed E-state index contributed by atoms with van der Waals surface area (Å²) in [6, 6.07) is 0. The van der Waals surface area contributed by atoms with Gasteiger partial charge in [0.05, 0.1) is 5.75 Å². The third-order valence-corrected chi connectivity index (χ3v) is 5.51. The first-order valence-electron chi connectivity index (χ1n) is 5.00. The number of sulfone groups is 1. The maximum absolute atomic E-state index is 11.5. The number of hydrogen-bond donors (Lipinski definition) is 1. The van der Waals surface area contributed by atoms with Crippen LogP contribution in [0.2, 0.25) is 0 Å². The maximum Gasteiger partial charge on any atom is 0.151 e. The lowest BCUT2D eigenvalue weighted by atomic mass is 10.1. The van der Waals surface area contributed by atoms with Gasteiger partial charge in [0.25, 0.3) is 0 Å². The third kappa shape index (κ3) is 9.02. The van der Waals surface area contributed by atoms with Crippen LogP contribution in [0.15, 0.2) is 0 Å². The Morgan fingerprint density at radius 2 is 1.80 bits per heavy atom. The summed E-state index contributed by atoms with van der Waals surface area (Å²) in [7, 11) is -4.16. The molecule has 6 heteroatoms. The van der Waals surface area contributed by atoms with Crippen LogP contribution >= 0.6 is 0 Å². The summed E-state index contributed by atoms with van der Waals surface area (Å²) in [5.41, 5.74) is 5.19. The van der Waals surface area contributed by atoms with E-state index in [-0.39, 0.29) is 17.3 Å². The van der Waals surface area contributed by atoms with Crippen molar-refractivity contribution >= 4 is 20.6 Å². The first-order valence-corrected chi connectivity index (χ1v) is 8.31. The minimum absolute atomic E-state index is 0.00350. The smallest absolute Gasteiger partial charge is 0.151 e. The van der Waals surface area contributed by atoms with Gasteiger partial charge in [0.15, 0.2) is 9.84 Å². The minimum Gasteiger partial charge on any atom is -0.325 e. The fourth-order valence-corrected chi connectivity index (χ4v) is 4.68. The lowest BCUT2D eigenvalue weighted by Gasteiger charge is -2.17. The molecule has 4 nitrogen and oxygen atoms in total. The summed E-state index contributed by atoms with van der Waals surface area (Å²) in [5, 5.41) is 0. The van der Waals surface area contributed by atoms with E-state index in [1.54, 1.807) is 13.8 Å². The predicted molar refractivity (Wildman–Crippen MR) is 65.1 cm³/mol. The quantitative estimate of drug-likeness (QED) is 0.709. The fourth-order valence-electron chi connectivity index (χ4n) is 1.12. The van der Waals surface area contributed by atoms with Crippen molar-refractivity contribution in [3.05, 3.63) is 0 Å². The summed E-state index contributed by atoms with van der Waals surface area (Å²) >= 11 is 0. The molecule has 2 N–H and O–H groups in total. The molecule has 0 aliphatic rings. The molecule has 0 bridgehead atoms. The van der Waals surface area contributed by atoms with E-state index in [4.69, 9.17) is 5.73 Å². The fraction of sp³-hybridized carbons (Fsp3) is 1.00. The van der Waals surface area contributed by atoms with Crippen LogP contribution in [0.4, 0.5) is 0 Å². The van der Waals surface area contributed by atoms with Crippen molar-refractivity contribution in [1.82, 2.24) is 0 Å². The zero-order valence-electron chi connectivity index (χ0n) is 9.65. The van der Waals surface area contributed by atoms with Crippen LogP contribution in [0.1, 0.15) is 27.2 Å². The Hall–Kier alpha value is 0.0600. The second kappa shape index (κ2) is 5.96. The van der Waals surface area contributed by atoms with Gasteiger partial charge in [0.1, 0.15) is 0 Å². The van der Waals surface area contributed by atoms with Gasteiger partial charge in [-0.2, -0.15) is 0 Å². The molecule has 0 aliphatic heterocycles. The lowest BCUT2D eigenvalue weighted by molar-refractivity contribution is 0.576. The second-order valence-electron chi connectivity index (χ2n) is 4.43. The van der Waals surface area contributed by atoms with Gasteiger partial charge in [-0.25, -0.2) is 8.42 Å². The molecule has 0 aromatic carbocycles. The zero-order chi connectivity index (χ0) is 12.1. The van der Waals surface area contributed by atoms with Gasteiger partial charge >= 0.3 is 0 Å². The van der Waals surface area contributed by atoms with E-state index >= 15 is 0 Å². The van der Waals surface area contributed by atoms with Crippen molar-refractivity contribution in [2.75, 3.05) is 23.0 Å². The molecule has 92 valence electrons. The SMILES string of the molecule is CCCS(=O)(=O)CCS(=O)CC(C)(C)N. The van der Waals surface area contributed by atoms with Crippen LogP contribution in [0.25, 0.3) is 0 Å². The Bertz CT molecular complexity index is 304. The average Bonchev–Trinajstić information content (AvgIpc) is 1.98. The van der Waals surface area contributed by atoms with Crippen molar-refractivity contribution in [3.63, 3.8) is 0 Å². The molecular formula is C9H21NO3S2. The van der Waals surface area contributed by atoms with Crippen molar-refractivity contribution in [2.45, 2.75) is 32.7 Å². The van der Waals surface area contributed by atoms with Crippen LogP contribution in [0.3, 0.4) is 0 Å². The second-order valence-corrected chi connectivity index (χ2v) is 8.31. The van der Waals surface area contributed by atoms with Gasteiger partial charge < -0.3 is 5.73 Å². The zero-order valence-corrected chi connectivity index (χ0v) is 11.3. The molecule has 0 aliphatic carbocycles. The van der Waals surface area contributed by atoms with Crippen LogP contribution < -0.4 is 5.73 Å². The summed E-state index contributed by atoms with van der Waals surface area (Å²) in [5.74, 6) is 0.720. The van der Waals surface area contributed by atoms with Crippen LogP contribution in [-0.4, -0.2) is 41.2 Å². The Balaban J connectivity index is 4.02. The van der Waals surface area contributed by atoms with Gasteiger partial charge in [0, 0.05) is 33.6 Å². The molecule has 1 atom stereocenters. The van der Waals surface area contributed by atoms with Crippen LogP contribution in [-0.2, 0) is 20.6 Å². The molecule has 0 spiro atoms. The first-order chi connectivity index (χ1) is 6.66. The Kier molecular flexibility index (Phi) is 5.98. The van der Waals surface area contributed by atoms with Gasteiger partial charge in [0.2, 0.25) is 0 Å². The van der Waals surface area contributed by atoms with Crippen LogP contribution in [0.5, 0.6) is 0 Å². The highest BCUT2D eigenvalue weighted by Gasteiger charge is 2.17. The summed E-state index contributed by atoms with van der Waals surface area (Å²) in [4.78, 5) is 0. The molecule has 0 saturated carbocycles. The first kappa shape index (κ1) is 15.1. The summed E-state index contributed by atoms with van der Waals surface area (Å²) < 4.78 is 34.1. The number of hydrogen-bond acceptors (Lipinski definition) is 4. The van der Waals surface area contributed by atoms with E-state index in [1.165, 1.54) is 0 Å².